The van der Waals surface area contributed by atoms with Gasteiger partial charge < -0.3 is 5.32 Å². The molecule has 0 radical (unpaired) electrons. The van der Waals surface area contributed by atoms with Crippen molar-refractivity contribution in [2.24, 2.45) is 11.3 Å². The highest BCUT2D eigenvalue weighted by molar-refractivity contribution is 4.87. The summed E-state index contributed by atoms with van der Waals surface area (Å²) in [6.45, 7) is 18.2. The van der Waals surface area contributed by atoms with Crippen LogP contribution in [0.4, 0.5) is 0 Å². The summed E-state index contributed by atoms with van der Waals surface area (Å²) in [6.07, 6.45) is 0. The van der Waals surface area contributed by atoms with Gasteiger partial charge in [-0.15, -0.1) is 0 Å². The molecule has 0 spiro atoms. The van der Waals surface area contributed by atoms with E-state index in [1.165, 1.54) is 0 Å². The lowest BCUT2D eigenvalue weighted by Crippen LogP contribution is -2.52. The van der Waals surface area contributed by atoms with Crippen molar-refractivity contribution in [2.75, 3.05) is 0 Å². The van der Waals surface area contributed by atoms with Crippen LogP contribution in [-0.4, -0.2) is 11.6 Å². The summed E-state index contributed by atoms with van der Waals surface area (Å²) < 4.78 is 0. The summed E-state index contributed by atoms with van der Waals surface area (Å²) in [4.78, 5) is 0. The molecule has 0 heterocycles. The number of hydrogen-bond acceptors (Lipinski definition) is 1. The van der Waals surface area contributed by atoms with Gasteiger partial charge in [0.1, 0.15) is 0 Å². The van der Waals surface area contributed by atoms with E-state index in [9.17, 15) is 0 Å². The zero-order valence-corrected chi connectivity index (χ0v) is 10.7. The molecule has 0 saturated carbocycles. The first-order valence-electron chi connectivity index (χ1n) is 5.32. The van der Waals surface area contributed by atoms with E-state index >= 15 is 0 Å². The van der Waals surface area contributed by atoms with Crippen LogP contribution in [0.1, 0.15) is 55.4 Å². The molecule has 1 atom stereocenters. The van der Waals surface area contributed by atoms with E-state index in [4.69, 9.17) is 0 Å². The van der Waals surface area contributed by atoms with Crippen molar-refractivity contribution >= 4 is 0 Å². The lowest BCUT2D eigenvalue weighted by Gasteiger charge is -2.40. The van der Waals surface area contributed by atoms with Gasteiger partial charge in [0.05, 0.1) is 0 Å². The lowest BCUT2D eigenvalue weighted by molar-refractivity contribution is 0.173. The van der Waals surface area contributed by atoms with E-state index < -0.39 is 0 Å². The van der Waals surface area contributed by atoms with Gasteiger partial charge in [-0.3, -0.25) is 0 Å². The Hall–Kier alpha value is -0.0400. The van der Waals surface area contributed by atoms with Crippen molar-refractivity contribution in [1.82, 2.24) is 5.32 Å². The van der Waals surface area contributed by atoms with Gasteiger partial charge in [-0.05, 0) is 32.1 Å². The summed E-state index contributed by atoms with van der Waals surface area (Å²) in [5, 5.41) is 3.70. The molecule has 0 aliphatic heterocycles. The van der Waals surface area contributed by atoms with E-state index in [2.05, 4.69) is 60.7 Å². The quantitative estimate of drug-likeness (QED) is 0.695. The zero-order valence-electron chi connectivity index (χ0n) is 10.7. The number of nitrogens with one attached hydrogen (secondary N) is 1. The van der Waals surface area contributed by atoms with E-state index in [1.807, 2.05) is 0 Å². The summed E-state index contributed by atoms with van der Waals surface area (Å²) >= 11 is 0. The van der Waals surface area contributed by atoms with Crippen molar-refractivity contribution < 1.29 is 0 Å². The molecule has 0 bridgehead atoms. The second-order valence-electron chi connectivity index (χ2n) is 6.48. The Morgan fingerprint density at radius 3 is 1.31 bits per heavy atom. The molecular formula is C12H27N. The first kappa shape index (κ1) is 13.0. The normalized spacial score (nSPS) is 16.4. The second kappa shape index (κ2) is 4.00. The maximum absolute atomic E-state index is 3.70. The monoisotopic (exact) mass is 185 g/mol. The van der Waals surface area contributed by atoms with Crippen LogP contribution in [-0.2, 0) is 0 Å². The summed E-state index contributed by atoms with van der Waals surface area (Å²) in [6, 6.07) is 0.576. The predicted molar refractivity (Wildman–Crippen MR) is 61.0 cm³/mol. The third-order valence-electron chi connectivity index (χ3n) is 2.19. The molecule has 1 nitrogen and oxygen atoms in total. The molecule has 1 heteroatoms. The van der Waals surface area contributed by atoms with E-state index in [-0.39, 0.29) is 5.54 Å². The minimum absolute atomic E-state index is 0.211. The minimum Gasteiger partial charge on any atom is -0.309 e. The lowest BCUT2D eigenvalue weighted by atomic mass is 9.79. The molecule has 80 valence electrons. The van der Waals surface area contributed by atoms with Crippen LogP contribution in [0.15, 0.2) is 0 Å². The van der Waals surface area contributed by atoms with Gasteiger partial charge in [0.15, 0.2) is 0 Å². The van der Waals surface area contributed by atoms with E-state index in [0.717, 1.165) is 0 Å². The second-order valence-corrected chi connectivity index (χ2v) is 6.48. The predicted octanol–water partition coefficient (Wildman–Crippen LogP) is 3.45. The van der Waals surface area contributed by atoms with Crippen LogP contribution in [0.25, 0.3) is 0 Å². The molecule has 1 N–H and O–H groups in total. The summed E-state index contributed by atoms with van der Waals surface area (Å²) in [7, 11) is 0. The van der Waals surface area contributed by atoms with Crippen molar-refractivity contribution in [3.8, 4) is 0 Å². The molecule has 0 aliphatic rings. The molecule has 0 aliphatic carbocycles. The maximum Gasteiger partial charge on any atom is 0.0143 e. The summed E-state index contributed by atoms with van der Waals surface area (Å²) in [5.74, 6) is 0.680. The standard InChI is InChI=1S/C12H27N/c1-9(2)10(11(3,4)5)13-12(6,7)8/h9-10,13H,1-8H3. The van der Waals surface area contributed by atoms with Gasteiger partial charge in [-0.2, -0.15) is 0 Å². The van der Waals surface area contributed by atoms with Crippen LogP contribution in [0.5, 0.6) is 0 Å². The topological polar surface area (TPSA) is 12.0 Å². The molecule has 0 amide bonds. The Labute approximate surface area is 84.3 Å². The summed E-state index contributed by atoms with van der Waals surface area (Å²) in [5.41, 5.74) is 0.545. The zero-order chi connectivity index (χ0) is 10.9. The van der Waals surface area contributed by atoms with Crippen LogP contribution in [0, 0.1) is 11.3 Å². The van der Waals surface area contributed by atoms with Crippen LogP contribution in [0.2, 0.25) is 0 Å². The Morgan fingerprint density at radius 1 is 0.846 bits per heavy atom. The first-order chi connectivity index (χ1) is 5.54. The van der Waals surface area contributed by atoms with Gasteiger partial charge in [0.2, 0.25) is 0 Å². The Balaban J connectivity index is 4.47. The molecular weight excluding hydrogens is 158 g/mol. The molecule has 0 aromatic rings. The van der Waals surface area contributed by atoms with E-state index in [0.29, 0.717) is 17.4 Å². The van der Waals surface area contributed by atoms with E-state index in [1.54, 1.807) is 0 Å². The highest BCUT2D eigenvalue weighted by atomic mass is 15.0. The minimum atomic E-state index is 0.211. The van der Waals surface area contributed by atoms with Gasteiger partial charge in [0, 0.05) is 11.6 Å². The fourth-order valence-electron chi connectivity index (χ4n) is 1.85. The van der Waals surface area contributed by atoms with Gasteiger partial charge in [-0.25, -0.2) is 0 Å². The van der Waals surface area contributed by atoms with Crippen molar-refractivity contribution in [3.05, 3.63) is 0 Å². The maximum atomic E-state index is 3.70. The van der Waals surface area contributed by atoms with Crippen molar-refractivity contribution in [3.63, 3.8) is 0 Å². The third kappa shape index (κ3) is 5.30. The van der Waals surface area contributed by atoms with Crippen LogP contribution < -0.4 is 5.32 Å². The average molecular weight is 185 g/mol. The molecule has 0 fully saturated rings. The number of hydrogen-bond donors (Lipinski definition) is 1. The Kier molecular flexibility index (Phi) is 3.98. The Morgan fingerprint density at radius 2 is 1.23 bits per heavy atom. The van der Waals surface area contributed by atoms with Gasteiger partial charge >= 0.3 is 0 Å². The highest BCUT2D eigenvalue weighted by Crippen LogP contribution is 2.26. The van der Waals surface area contributed by atoms with Crippen LogP contribution >= 0.6 is 0 Å². The molecule has 0 aromatic heterocycles. The highest BCUT2D eigenvalue weighted by Gasteiger charge is 2.30. The SMILES string of the molecule is CC(C)C(NC(C)(C)C)C(C)(C)C. The fraction of sp³-hybridized carbons (Fsp3) is 1.00. The number of rotatable bonds is 2. The Bertz CT molecular complexity index is 145. The fourth-order valence-corrected chi connectivity index (χ4v) is 1.85. The van der Waals surface area contributed by atoms with Crippen molar-refractivity contribution in [2.45, 2.75) is 67.0 Å². The van der Waals surface area contributed by atoms with Gasteiger partial charge in [0.25, 0.3) is 0 Å². The molecule has 0 rings (SSSR count). The van der Waals surface area contributed by atoms with Gasteiger partial charge in [-0.1, -0.05) is 34.6 Å². The largest absolute Gasteiger partial charge is 0.309 e. The van der Waals surface area contributed by atoms with Crippen molar-refractivity contribution in [1.29, 1.82) is 0 Å². The molecule has 0 saturated heterocycles. The van der Waals surface area contributed by atoms with Crippen LogP contribution in [0.3, 0.4) is 0 Å². The average Bonchev–Trinajstić information content (AvgIpc) is 1.77. The molecule has 13 heavy (non-hydrogen) atoms. The third-order valence-corrected chi connectivity index (χ3v) is 2.19. The molecule has 0 aromatic carbocycles. The first-order valence-corrected chi connectivity index (χ1v) is 5.32. The smallest absolute Gasteiger partial charge is 0.0143 e. The molecule has 1 unspecified atom stereocenters.